The van der Waals surface area contributed by atoms with Crippen molar-refractivity contribution in [2.45, 2.75) is 25.8 Å². The predicted octanol–water partition coefficient (Wildman–Crippen LogP) is 2.92. The van der Waals surface area contributed by atoms with Gasteiger partial charge < -0.3 is 4.90 Å². The lowest BCUT2D eigenvalue weighted by atomic mass is 10.2. The summed E-state index contributed by atoms with van der Waals surface area (Å²) < 4.78 is 1.12. The third-order valence-electron chi connectivity index (χ3n) is 2.66. The molecule has 1 aliphatic rings. The van der Waals surface area contributed by atoms with E-state index < -0.39 is 0 Å². The van der Waals surface area contributed by atoms with Crippen LogP contribution in [0.15, 0.2) is 24.3 Å². The molecule has 3 heteroatoms. The topological polar surface area (TPSA) is 20.3 Å². The van der Waals surface area contributed by atoms with Gasteiger partial charge in [-0.3, -0.25) is 4.79 Å². The van der Waals surface area contributed by atoms with Crippen LogP contribution in [-0.4, -0.2) is 23.4 Å². The number of amides is 1. The summed E-state index contributed by atoms with van der Waals surface area (Å²) in [6, 6.07) is 8.30. The van der Waals surface area contributed by atoms with Gasteiger partial charge in [-0.05, 0) is 60.6 Å². The number of carbonyl (C=O) groups is 1. The van der Waals surface area contributed by atoms with Crippen LogP contribution in [0.25, 0.3) is 0 Å². The van der Waals surface area contributed by atoms with E-state index in [9.17, 15) is 4.79 Å². The minimum atomic E-state index is 0.179. The molecule has 2 rings (SSSR count). The molecule has 1 aliphatic carbocycles. The van der Waals surface area contributed by atoms with Crippen molar-refractivity contribution in [3.8, 4) is 0 Å². The van der Waals surface area contributed by atoms with Gasteiger partial charge in [0.25, 0.3) is 5.91 Å². The van der Waals surface area contributed by atoms with Gasteiger partial charge in [-0.2, -0.15) is 0 Å². The van der Waals surface area contributed by atoms with Crippen molar-refractivity contribution in [2.75, 3.05) is 6.54 Å². The molecule has 0 unspecified atom stereocenters. The summed E-state index contributed by atoms with van der Waals surface area (Å²) in [5.74, 6) is 0.179. The van der Waals surface area contributed by atoms with Gasteiger partial charge in [0.1, 0.15) is 0 Å². The summed E-state index contributed by atoms with van der Waals surface area (Å²) in [6.07, 6.45) is 2.34. The Hall–Kier alpha value is -0.580. The monoisotopic (exact) mass is 315 g/mol. The lowest BCUT2D eigenvalue weighted by Crippen LogP contribution is -2.32. The zero-order chi connectivity index (χ0) is 10.8. The van der Waals surface area contributed by atoms with E-state index in [-0.39, 0.29) is 5.91 Å². The number of hydrogen-bond acceptors (Lipinski definition) is 1. The Morgan fingerprint density at radius 2 is 2.27 bits per heavy atom. The fourth-order valence-electron chi connectivity index (χ4n) is 1.74. The highest BCUT2D eigenvalue weighted by molar-refractivity contribution is 14.1. The molecule has 0 aliphatic heterocycles. The number of rotatable bonds is 3. The van der Waals surface area contributed by atoms with E-state index in [2.05, 4.69) is 22.6 Å². The van der Waals surface area contributed by atoms with E-state index >= 15 is 0 Å². The van der Waals surface area contributed by atoms with Gasteiger partial charge >= 0.3 is 0 Å². The minimum absolute atomic E-state index is 0.179. The molecule has 0 heterocycles. The SMILES string of the molecule is CCN(C(=O)c1cccc(I)c1)C1CC1. The van der Waals surface area contributed by atoms with Crippen molar-refractivity contribution in [3.63, 3.8) is 0 Å². The van der Waals surface area contributed by atoms with Gasteiger partial charge in [0.2, 0.25) is 0 Å². The van der Waals surface area contributed by atoms with Crippen LogP contribution in [0.2, 0.25) is 0 Å². The van der Waals surface area contributed by atoms with E-state index in [0.29, 0.717) is 6.04 Å². The van der Waals surface area contributed by atoms with Gasteiger partial charge in [0, 0.05) is 21.7 Å². The summed E-state index contributed by atoms with van der Waals surface area (Å²) in [6.45, 7) is 2.86. The molecule has 0 atom stereocenters. The first-order valence-electron chi connectivity index (χ1n) is 5.29. The Balaban J connectivity index is 2.18. The maximum atomic E-state index is 12.1. The van der Waals surface area contributed by atoms with Gasteiger partial charge in [-0.25, -0.2) is 0 Å². The van der Waals surface area contributed by atoms with E-state index in [0.717, 1.165) is 15.7 Å². The third kappa shape index (κ3) is 2.51. The van der Waals surface area contributed by atoms with Crippen molar-refractivity contribution >= 4 is 28.5 Å². The van der Waals surface area contributed by atoms with Gasteiger partial charge in [0.15, 0.2) is 0 Å². The molecule has 1 saturated carbocycles. The molecule has 1 aromatic carbocycles. The van der Waals surface area contributed by atoms with Crippen molar-refractivity contribution in [2.24, 2.45) is 0 Å². The number of benzene rings is 1. The Bertz CT molecular complexity index is 374. The lowest BCUT2D eigenvalue weighted by Gasteiger charge is -2.20. The van der Waals surface area contributed by atoms with Crippen LogP contribution in [0.1, 0.15) is 30.1 Å². The summed E-state index contributed by atoms with van der Waals surface area (Å²) in [4.78, 5) is 14.1. The van der Waals surface area contributed by atoms with Gasteiger partial charge in [0.05, 0.1) is 0 Å². The van der Waals surface area contributed by atoms with Crippen LogP contribution in [0.5, 0.6) is 0 Å². The average Bonchev–Trinajstić information content (AvgIpc) is 3.03. The number of hydrogen-bond donors (Lipinski definition) is 0. The van der Waals surface area contributed by atoms with Crippen LogP contribution < -0.4 is 0 Å². The largest absolute Gasteiger partial charge is 0.336 e. The van der Waals surface area contributed by atoms with Crippen LogP contribution in [0, 0.1) is 3.57 Å². The molecule has 2 nitrogen and oxygen atoms in total. The first-order valence-corrected chi connectivity index (χ1v) is 6.36. The average molecular weight is 315 g/mol. The quantitative estimate of drug-likeness (QED) is 0.786. The fourth-order valence-corrected chi connectivity index (χ4v) is 2.28. The van der Waals surface area contributed by atoms with Gasteiger partial charge in [-0.1, -0.05) is 6.07 Å². The lowest BCUT2D eigenvalue weighted by molar-refractivity contribution is 0.0752. The highest BCUT2D eigenvalue weighted by atomic mass is 127. The summed E-state index contributed by atoms with van der Waals surface area (Å²) in [7, 11) is 0. The molecule has 0 spiro atoms. The standard InChI is InChI=1S/C12H14INO/c1-2-14(11-6-7-11)12(15)9-4-3-5-10(13)8-9/h3-5,8,11H,2,6-7H2,1H3. The Kier molecular flexibility index (Phi) is 3.29. The Morgan fingerprint density at radius 1 is 1.53 bits per heavy atom. The summed E-state index contributed by atoms with van der Waals surface area (Å²) in [5.41, 5.74) is 0.815. The second-order valence-electron chi connectivity index (χ2n) is 3.83. The van der Waals surface area contributed by atoms with Crippen molar-refractivity contribution in [3.05, 3.63) is 33.4 Å². The number of nitrogens with zero attached hydrogens (tertiary/aromatic N) is 1. The maximum Gasteiger partial charge on any atom is 0.254 e. The molecule has 1 fully saturated rings. The molecule has 0 radical (unpaired) electrons. The van der Waals surface area contributed by atoms with Crippen LogP contribution >= 0.6 is 22.6 Å². The Labute approximate surface area is 104 Å². The second kappa shape index (κ2) is 4.51. The van der Waals surface area contributed by atoms with E-state index in [1.54, 1.807) is 0 Å². The first-order chi connectivity index (χ1) is 7.22. The van der Waals surface area contributed by atoms with Gasteiger partial charge in [-0.15, -0.1) is 0 Å². The molecule has 15 heavy (non-hydrogen) atoms. The minimum Gasteiger partial charge on any atom is -0.336 e. The zero-order valence-corrected chi connectivity index (χ0v) is 10.9. The first kappa shape index (κ1) is 10.9. The van der Waals surface area contributed by atoms with Crippen LogP contribution in [0.4, 0.5) is 0 Å². The maximum absolute atomic E-state index is 12.1. The molecule has 1 amide bonds. The molecule has 1 aromatic rings. The molecule has 0 bridgehead atoms. The zero-order valence-electron chi connectivity index (χ0n) is 8.74. The van der Waals surface area contributed by atoms with Crippen molar-refractivity contribution in [1.29, 1.82) is 0 Å². The Morgan fingerprint density at radius 3 is 2.80 bits per heavy atom. The second-order valence-corrected chi connectivity index (χ2v) is 5.08. The predicted molar refractivity (Wildman–Crippen MR) is 68.9 cm³/mol. The number of halogens is 1. The molecule has 0 N–H and O–H groups in total. The van der Waals surface area contributed by atoms with Crippen LogP contribution in [-0.2, 0) is 0 Å². The van der Waals surface area contributed by atoms with E-state index in [1.807, 2.05) is 36.1 Å². The van der Waals surface area contributed by atoms with Crippen LogP contribution in [0.3, 0.4) is 0 Å². The highest BCUT2D eigenvalue weighted by Crippen LogP contribution is 2.28. The molecular formula is C12H14INO. The molecule has 80 valence electrons. The number of carbonyl (C=O) groups excluding carboxylic acids is 1. The van der Waals surface area contributed by atoms with E-state index in [1.165, 1.54) is 12.8 Å². The van der Waals surface area contributed by atoms with Crippen molar-refractivity contribution in [1.82, 2.24) is 4.90 Å². The molecular weight excluding hydrogens is 301 g/mol. The van der Waals surface area contributed by atoms with Crippen molar-refractivity contribution < 1.29 is 4.79 Å². The summed E-state index contributed by atoms with van der Waals surface area (Å²) >= 11 is 2.24. The third-order valence-corrected chi connectivity index (χ3v) is 3.33. The molecule has 0 aromatic heterocycles. The van der Waals surface area contributed by atoms with E-state index in [4.69, 9.17) is 0 Å². The smallest absolute Gasteiger partial charge is 0.254 e. The fraction of sp³-hybridized carbons (Fsp3) is 0.417. The highest BCUT2D eigenvalue weighted by Gasteiger charge is 2.31. The molecule has 0 saturated heterocycles. The summed E-state index contributed by atoms with van der Waals surface area (Å²) in [5, 5.41) is 0. The normalized spacial score (nSPS) is 15.1.